The van der Waals surface area contributed by atoms with Gasteiger partial charge in [-0.25, -0.2) is 14.6 Å². The maximum atomic E-state index is 11.4. The number of aryl methyl sites for hydroxylation is 1. The Labute approximate surface area is 159 Å². The molecule has 0 saturated carbocycles. The van der Waals surface area contributed by atoms with Crippen LogP contribution in [0.3, 0.4) is 0 Å². The Kier molecular flexibility index (Phi) is 5.03. The first kappa shape index (κ1) is 17.9. The Morgan fingerprint density at radius 1 is 1.15 bits per heavy atom. The van der Waals surface area contributed by atoms with E-state index in [1.807, 2.05) is 23.7 Å². The second-order valence-corrected chi connectivity index (χ2v) is 7.26. The van der Waals surface area contributed by atoms with E-state index in [-0.39, 0.29) is 5.69 Å². The lowest BCUT2D eigenvalue weighted by Gasteiger charge is -2.41. The largest absolute Gasteiger partial charge is 0.497 e. The van der Waals surface area contributed by atoms with Crippen LogP contribution in [-0.2, 0) is 0 Å². The van der Waals surface area contributed by atoms with Crippen molar-refractivity contribution in [3.8, 4) is 5.75 Å². The van der Waals surface area contributed by atoms with Crippen molar-refractivity contribution < 1.29 is 4.74 Å². The number of nitrogens with one attached hydrogen (secondary N) is 1. The maximum absolute atomic E-state index is 11.4. The Morgan fingerprint density at radius 3 is 2.44 bits per heavy atom. The summed E-state index contributed by atoms with van der Waals surface area (Å²) in [5.74, 6) is 1.63. The Morgan fingerprint density at radius 2 is 1.89 bits per heavy atom. The van der Waals surface area contributed by atoms with E-state index in [9.17, 15) is 4.79 Å². The van der Waals surface area contributed by atoms with E-state index in [2.05, 4.69) is 38.1 Å². The zero-order chi connectivity index (χ0) is 18.8. The minimum absolute atomic E-state index is 0.273. The SMILES string of the molecule is COc1ccc(N2CCN(C3CC=C(n4[nH]c(=O)nc4C)CC3)CC2)cc1. The van der Waals surface area contributed by atoms with Crippen LogP contribution in [0.2, 0.25) is 0 Å². The van der Waals surface area contributed by atoms with E-state index >= 15 is 0 Å². The Hall–Kier alpha value is -2.54. The first-order valence-electron chi connectivity index (χ1n) is 9.62. The number of rotatable bonds is 4. The van der Waals surface area contributed by atoms with Crippen molar-refractivity contribution >= 4 is 11.4 Å². The van der Waals surface area contributed by atoms with Crippen molar-refractivity contribution in [2.24, 2.45) is 0 Å². The molecule has 1 fully saturated rings. The number of piperazine rings is 1. The molecule has 2 aromatic rings. The van der Waals surface area contributed by atoms with Gasteiger partial charge in [0.2, 0.25) is 0 Å². The van der Waals surface area contributed by atoms with Crippen molar-refractivity contribution in [2.45, 2.75) is 32.2 Å². The lowest BCUT2D eigenvalue weighted by atomic mass is 9.97. The molecule has 144 valence electrons. The van der Waals surface area contributed by atoms with E-state index in [0.29, 0.717) is 6.04 Å². The van der Waals surface area contributed by atoms with Crippen LogP contribution in [0.1, 0.15) is 25.1 Å². The highest BCUT2D eigenvalue weighted by atomic mass is 16.5. The second-order valence-electron chi connectivity index (χ2n) is 7.26. The van der Waals surface area contributed by atoms with Crippen molar-refractivity contribution in [2.75, 3.05) is 38.2 Å². The van der Waals surface area contributed by atoms with Crippen LogP contribution in [0.5, 0.6) is 5.75 Å². The lowest BCUT2D eigenvalue weighted by Crippen LogP contribution is -2.50. The third kappa shape index (κ3) is 3.78. The zero-order valence-electron chi connectivity index (χ0n) is 16.0. The predicted molar refractivity (Wildman–Crippen MR) is 106 cm³/mol. The Bertz CT molecular complexity index is 859. The van der Waals surface area contributed by atoms with Gasteiger partial charge in [-0.05, 0) is 50.5 Å². The quantitative estimate of drug-likeness (QED) is 0.894. The number of hydrogen-bond donors (Lipinski definition) is 1. The van der Waals surface area contributed by atoms with Gasteiger partial charge in [-0.15, -0.1) is 0 Å². The third-order valence-electron chi connectivity index (χ3n) is 5.71. The van der Waals surface area contributed by atoms with Crippen LogP contribution in [-0.4, -0.2) is 59.0 Å². The molecule has 0 amide bonds. The average Bonchev–Trinajstić information content (AvgIpc) is 3.06. The van der Waals surface area contributed by atoms with Crippen molar-refractivity contribution in [3.05, 3.63) is 46.7 Å². The number of ether oxygens (including phenoxy) is 1. The number of hydrogen-bond acceptors (Lipinski definition) is 5. The molecule has 1 aromatic heterocycles. The summed E-state index contributed by atoms with van der Waals surface area (Å²) in [6.07, 6.45) is 5.37. The molecule has 2 heterocycles. The first-order valence-corrected chi connectivity index (χ1v) is 9.62. The van der Waals surface area contributed by atoms with Gasteiger partial charge >= 0.3 is 5.69 Å². The van der Waals surface area contributed by atoms with Gasteiger partial charge in [0.15, 0.2) is 0 Å². The topological polar surface area (TPSA) is 66.4 Å². The molecule has 0 spiro atoms. The van der Waals surface area contributed by atoms with Crippen molar-refractivity contribution in [1.82, 2.24) is 19.7 Å². The van der Waals surface area contributed by atoms with Crippen LogP contribution in [0.4, 0.5) is 5.69 Å². The second kappa shape index (κ2) is 7.60. The van der Waals surface area contributed by atoms with Crippen LogP contribution in [0.15, 0.2) is 35.1 Å². The fourth-order valence-corrected chi connectivity index (χ4v) is 4.16. The third-order valence-corrected chi connectivity index (χ3v) is 5.71. The maximum Gasteiger partial charge on any atom is 0.361 e. The highest BCUT2D eigenvalue weighted by Gasteiger charge is 2.26. The number of methoxy groups -OCH3 is 1. The average molecular weight is 369 g/mol. The van der Waals surface area contributed by atoms with Crippen LogP contribution in [0, 0.1) is 6.92 Å². The number of nitrogens with zero attached hydrogens (tertiary/aromatic N) is 4. The van der Waals surface area contributed by atoms with Crippen molar-refractivity contribution in [1.29, 1.82) is 0 Å². The summed E-state index contributed by atoms with van der Waals surface area (Å²) in [6.45, 7) is 6.13. The smallest absolute Gasteiger partial charge is 0.361 e. The van der Waals surface area contributed by atoms with Gasteiger partial charge in [0.25, 0.3) is 0 Å². The van der Waals surface area contributed by atoms with Crippen molar-refractivity contribution in [3.63, 3.8) is 0 Å². The van der Waals surface area contributed by atoms with Gasteiger partial charge in [0, 0.05) is 43.6 Å². The molecule has 0 bridgehead atoms. The van der Waals surface area contributed by atoms with Gasteiger partial charge in [0.1, 0.15) is 11.6 Å². The normalized spacial score (nSPS) is 21.2. The molecule has 1 aliphatic carbocycles. The summed E-state index contributed by atoms with van der Waals surface area (Å²) < 4.78 is 7.08. The minimum atomic E-state index is -0.273. The first-order chi connectivity index (χ1) is 13.1. The molecule has 1 saturated heterocycles. The predicted octanol–water partition coefficient (Wildman–Crippen LogP) is 2.10. The summed E-state index contributed by atoms with van der Waals surface area (Å²) in [5, 5.41) is 2.79. The molecule has 1 atom stereocenters. The summed E-state index contributed by atoms with van der Waals surface area (Å²) in [7, 11) is 1.70. The molecule has 2 aliphatic rings. The van der Waals surface area contributed by atoms with Gasteiger partial charge < -0.3 is 9.64 Å². The molecular weight excluding hydrogens is 342 g/mol. The standard InChI is InChI=1S/C20H27N5O2/c1-15-21-20(26)22-25(15)18-5-3-16(4-6-18)23-11-13-24(14-12-23)17-7-9-19(27-2)10-8-17/h5,7-10,16H,3-4,6,11-14H2,1-2H3,(H,22,26). The zero-order valence-corrected chi connectivity index (χ0v) is 16.0. The molecular formula is C20H27N5O2. The number of H-pyrrole nitrogens is 1. The van der Waals surface area contributed by atoms with Crippen LogP contribution >= 0.6 is 0 Å². The molecule has 1 aromatic carbocycles. The molecule has 1 N–H and O–H groups in total. The molecule has 1 unspecified atom stereocenters. The monoisotopic (exact) mass is 369 g/mol. The minimum Gasteiger partial charge on any atom is -0.497 e. The highest BCUT2D eigenvalue weighted by molar-refractivity contribution is 5.49. The molecule has 7 heteroatoms. The molecule has 27 heavy (non-hydrogen) atoms. The van der Waals surface area contributed by atoms with Crippen LogP contribution in [0.25, 0.3) is 5.70 Å². The van der Waals surface area contributed by atoms with E-state index in [1.165, 1.54) is 5.69 Å². The van der Waals surface area contributed by atoms with Gasteiger partial charge in [-0.2, -0.15) is 4.98 Å². The molecule has 1 aliphatic heterocycles. The fourth-order valence-electron chi connectivity index (χ4n) is 4.16. The highest BCUT2D eigenvalue weighted by Crippen LogP contribution is 2.27. The summed E-state index contributed by atoms with van der Waals surface area (Å²) in [5.41, 5.74) is 2.15. The number of aromatic nitrogens is 3. The summed E-state index contributed by atoms with van der Waals surface area (Å²) in [6, 6.07) is 8.91. The van der Waals surface area contributed by atoms with Gasteiger partial charge in [0.05, 0.1) is 7.11 Å². The molecule has 7 nitrogen and oxygen atoms in total. The number of anilines is 1. The van der Waals surface area contributed by atoms with E-state index in [0.717, 1.165) is 62.7 Å². The Balaban J connectivity index is 1.34. The summed E-state index contributed by atoms with van der Waals surface area (Å²) >= 11 is 0. The van der Waals surface area contributed by atoms with Crippen LogP contribution < -0.4 is 15.3 Å². The number of allylic oxidation sites excluding steroid dienone is 1. The van der Waals surface area contributed by atoms with Gasteiger partial charge in [-0.1, -0.05) is 6.08 Å². The summed E-state index contributed by atoms with van der Waals surface area (Å²) in [4.78, 5) is 20.4. The van der Waals surface area contributed by atoms with E-state index in [1.54, 1.807) is 7.11 Å². The van der Waals surface area contributed by atoms with E-state index < -0.39 is 0 Å². The fraction of sp³-hybridized carbons (Fsp3) is 0.500. The number of aromatic amines is 1. The van der Waals surface area contributed by atoms with Gasteiger partial charge in [-0.3, -0.25) is 4.90 Å². The molecule has 0 radical (unpaired) electrons. The van der Waals surface area contributed by atoms with E-state index in [4.69, 9.17) is 4.74 Å². The number of benzene rings is 1. The molecule has 4 rings (SSSR count). The lowest BCUT2D eigenvalue weighted by molar-refractivity contribution is 0.174.